The third-order valence-corrected chi connectivity index (χ3v) is 4.39. The number of carbonyl (C=O) groups is 2. The van der Waals surface area contributed by atoms with Crippen molar-refractivity contribution in [2.24, 2.45) is 0 Å². The molecule has 1 aromatic rings. The number of carbonyl (C=O) groups excluding carboxylic acids is 1. The summed E-state index contributed by atoms with van der Waals surface area (Å²) in [6.07, 6.45) is 0.434. The summed E-state index contributed by atoms with van der Waals surface area (Å²) in [6.45, 7) is 7.25. The molecular formula is C17H25ClN4O5. The minimum absolute atomic E-state index is 0.0709. The lowest BCUT2D eigenvalue weighted by molar-refractivity contribution is -0.384. The number of anilines is 1. The number of nitro benzene ring substituents is 1. The molecule has 1 amide bonds. The molecule has 0 radical (unpaired) electrons. The second-order valence-corrected chi connectivity index (χ2v) is 6.31. The first-order valence-corrected chi connectivity index (χ1v) is 9.08. The normalized spacial score (nSPS) is 12.0. The van der Waals surface area contributed by atoms with Crippen LogP contribution in [0, 0.1) is 10.1 Å². The summed E-state index contributed by atoms with van der Waals surface area (Å²) in [5, 5.41) is 25.5. The molecule has 0 saturated heterocycles. The molecule has 1 rings (SSSR count). The van der Waals surface area contributed by atoms with Crippen molar-refractivity contribution in [3.8, 4) is 0 Å². The molecule has 0 saturated carbocycles. The van der Waals surface area contributed by atoms with Gasteiger partial charge >= 0.3 is 5.97 Å². The molecule has 1 atom stereocenters. The number of nitro groups is 1. The maximum atomic E-state index is 12.1. The first-order chi connectivity index (χ1) is 12.8. The predicted molar refractivity (Wildman–Crippen MR) is 103 cm³/mol. The smallest absolute Gasteiger partial charge is 0.321 e. The molecule has 0 aliphatic rings. The average Bonchev–Trinajstić information content (AvgIpc) is 2.62. The Labute approximate surface area is 162 Å². The Morgan fingerprint density at radius 2 is 2.00 bits per heavy atom. The molecule has 0 spiro atoms. The zero-order chi connectivity index (χ0) is 20.4. The van der Waals surface area contributed by atoms with Gasteiger partial charge in [-0.3, -0.25) is 19.7 Å². The number of nitrogens with zero attached hydrogens (tertiary/aromatic N) is 2. The number of hydrogen-bond acceptors (Lipinski definition) is 6. The predicted octanol–water partition coefficient (Wildman–Crippen LogP) is 2.35. The zero-order valence-corrected chi connectivity index (χ0v) is 16.2. The maximum absolute atomic E-state index is 12.1. The van der Waals surface area contributed by atoms with Crippen LogP contribution in [0.3, 0.4) is 0 Å². The molecule has 9 nitrogen and oxygen atoms in total. The molecular weight excluding hydrogens is 376 g/mol. The highest BCUT2D eigenvalue weighted by Gasteiger charge is 2.21. The zero-order valence-electron chi connectivity index (χ0n) is 15.4. The maximum Gasteiger partial charge on any atom is 0.321 e. The lowest BCUT2D eigenvalue weighted by Gasteiger charge is -2.19. The van der Waals surface area contributed by atoms with Crippen LogP contribution in [-0.4, -0.2) is 59.0 Å². The van der Waals surface area contributed by atoms with E-state index in [1.165, 1.54) is 12.1 Å². The van der Waals surface area contributed by atoms with Crippen LogP contribution in [0.25, 0.3) is 0 Å². The van der Waals surface area contributed by atoms with Crippen LogP contribution in [-0.2, 0) is 9.59 Å². The number of carboxylic acid groups (broad SMARTS) is 1. The lowest BCUT2D eigenvalue weighted by atomic mass is 10.2. The van der Waals surface area contributed by atoms with Crippen LogP contribution in [0.4, 0.5) is 11.4 Å². The quantitative estimate of drug-likeness (QED) is 0.279. The van der Waals surface area contributed by atoms with E-state index in [1.54, 1.807) is 0 Å². The minimum Gasteiger partial charge on any atom is -0.480 e. The van der Waals surface area contributed by atoms with Gasteiger partial charge in [-0.2, -0.15) is 0 Å². The van der Waals surface area contributed by atoms with Crippen molar-refractivity contribution in [3.63, 3.8) is 0 Å². The van der Waals surface area contributed by atoms with Crippen LogP contribution in [0.2, 0.25) is 5.02 Å². The number of carboxylic acids is 1. The van der Waals surface area contributed by atoms with Crippen molar-refractivity contribution in [1.29, 1.82) is 0 Å². The van der Waals surface area contributed by atoms with E-state index < -0.39 is 22.8 Å². The average molecular weight is 401 g/mol. The number of aliphatic carboxylic acids is 1. The summed E-state index contributed by atoms with van der Waals surface area (Å²) in [7, 11) is 0. The number of hydrogen-bond donors (Lipinski definition) is 3. The van der Waals surface area contributed by atoms with Crippen LogP contribution in [0.15, 0.2) is 18.2 Å². The SMILES string of the molecule is CCN(CC)CCCNC(CC(=O)Nc1cc([N+](=O)[O-])ccc1Cl)C(=O)O. The molecule has 0 aliphatic carbocycles. The summed E-state index contributed by atoms with van der Waals surface area (Å²) in [5.74, 6) is -1.74. The van der Waals surface area contributed by atoms with Crippen molar-refractivity contribution in [1.82, 2.24) is 10.2 Å². The fourth-order valence-electron chi connectivity index (χ4n) is 2.47. The van der Waals surface area contributed by atoms with E-state index in [-0.39, 0.29) is 22.8 Å². The summed E-state index contributed by atoms with van der Waals surface area (Å²) >= 11 is 5.93. The lowest BCUT2D eigenvalue weighted by Crippen LogP contribution is -2.41. The summed E-state index contributed by atoms with van der Waals surface area (Å²) < 4.78 is 0. The molecule has 0 bridgehead atoms. The van der Waals surface area contributed by atoms with Crippen molar-refractivity contribution in [2.45, 2.75) is 32.7 Å². The van der Waals surface area contributed by atoms with Gasteiger partial charge in [0, 0.05) is 12.1 Å². The van der Waals surface area contributed by atoms with Gasteiger partial charge in [-0.1, -0.05) is 25.4 Å². The fourth-order valence-corrected chi connectivity index (χ4v) is 2.64. The molecule has 1 unspecified atom stereocenters. The number of amides is 1. The molecule has 150 valence electrons. The Morgan fingerprint density at radius 3 is 2.56 bits per heavy atom. The highest BCUT2D eigenvalue weighted by atomic mass is 35.5. The Kier molecular flexibility index (Phi) is 9.70. The second-order valence-electron chi connectivity index (χ2n) is 5.90. The Hall–Kier alpha value is -2.23. The highest BCUT2D eigenvalue weighted by Crippen LogP contribution is 2.26. The van der Waals surface area contributed by atoms with E-state index >= 15 is 0 Å². The Bertz CT molecular complexity index is 667. The van der Waals surface area contributed by atoms with E-state index in [2.05, 4.69) is 29.4 Å². The number of non-ortho nitro benzene ring substituents is 1. The van der Waals surface area contributed by atoms with Crippen molar-refractivity contribution in [3.05, 3.63) is 33.3 Å². The first kappa shape index (κ1) is 22.8. The number of halogens is 1. The van der Waals surface area contributed by atoms with E-state index in [1.807, 2.05) is 0 Å². The van der Waals surface area contributed by atoms with Crippen molar-refractivity contribution in [2.75, 3.05) is 31.5 Å². The van der Waals surface area contributed by atoms with Crippen molar-refractivity contribution >= 4 is 34.9 Å². The van der Waals surface area contributed by atoms with Gasteiger partial charge in [0.25, 0.3) is 5.69 Å². The summed E-state index contributed by atoms with van der Waals surface area (Å²) in [5.41, 5.74) is -0.152. The highest BCUT2D eigenvalue weighted by molar-refractivity contribution is 6.33. The third kappa shape index (κ3) is 7.90. The number of nitrogens with one attached hydrogen (secondary N) is 2. The first-order valence-electron chi connectivity index (χ1n) is 8.70. The number of benzene rings is 1. The monoisotopic (exact) mass is 400 g/mol. The minimum atomic E-state index is -1.14. The summed E-state index contributed by atoms with van der Waals surface area (Å²) in [4.78, 5) is 35.9. The van der Waals surface area contributed by atoms with E-state index in [0.717, 1.165) is 32.1 Å². The molecule has 0 aromatic heterocycles. The van der Waals surface area contributed by atoms with Crippen LogP contribution in [0.5, 0.6) is 0 Å². The summed E-state index contributed by atoms with van der Waals surface area (Å²) in [6, 6.07) is 2.59. The second kappa shape index (κ2) is 11.5. The van der Waals surface area contributed by atoms with Gasteiger partial charge in [-0.05, 0) is 38.7 Å². The largest absolute Gasteiger partial charge is 0.480 e. The van der Waals surface area contributed by atoms with Crippen molar-refractivity contribution < 1.29 is 19.6 Å². The van der Waals surface area contributed by atoms with Gasteiger partial charge in [0.15, 0.2) is 0 Å². The topological polar surface area (TPSA) is 125 Å². The fraction of sp³-hybridized carbons (Fsp3) is 0.529. The molecule has 0 heterocycles. The molecule has 10 heteroatoms. The van der Waals surface area contributed by atoms with Gasteiger partial charge in [-0.15, -0.1) is 0 Å². The molecule has 0 fully saturated rings. The molecule has 27 heavy (non-hydrogen) atoms. The van der Waals surface area contributed by atoms with E-state index in [4.69, 9.17) is 11.6 Å². The van der Waals surface area contributed by atoms with E-state index in [9.17, 15) is 24.8 Å². The van der Waals surface area contributed by atoms with Gasteiger partial charge in [-0.25, -0.2) is 0 Å². The van der Waals surface area contributed by atoms with Crippen LogP contribution in [0.1, 0.15) is 26.7 Å². The third-order valence-electron chi connectivity index (χ3n) is 4.06. The van der Waals surface area contributed by atoms with Gasteiger partial charge in [0.05, 0.1) is 22.1 Å². The Morgan fingerprint density at radius 1 is 1.33 bits per heavy atom. The standard InChI is InChI=1S/C17H25ClN4O5/c1-3-21(4-2)9-5-8-19-15(17(24)25)11-16(23)20-14-10-12(22(26)27)6-7-13(14)18/h6-7,10,15,19H,3-5,8-9,11H2,1-2H3,(H,20,23)(H,24,25). The Balaban J connectivity index is 2.60. The number of rotatable bonds is 12. The molecule has 0 aliphatic heterocycles. The van der Waals surface area contributed by atoms with Gasteiger partial charge in [0.1, 0.15) is 6.04 Å². The molecule has 1 aromatic carbocycles. The van der Waals surface area contributed by atoms with Crippen LogP contribution >= 0.6 is 11.6 Å². The van der Waals surface area contributed by atoms with Gasteiger partial charge in [0.2, 0.25) is 5.91 Å². The van der Waals surface area contributed by atoms with Gasteiger partial charge < -0.3 is 20.6 Å². The molecule has 3 N–H and O–H groups in total. The van der Waals surface area contributed by atoms with E-state index in [0.29, 0.717) is 6.54 Å². The van der Waals surface area contributed by atoms with Crippen LogP contribution < -0.4 is 10.6 Å².